The molecule has 32 heavy (non-hydrogen) atoms. The average molecular weight is 443 g/mol. The van der Waals surface area contributed by atoms with E-state index in [1.165, 1.54) is 0 Å². The summed E-state index contributed by atoms with van der Waals surface area (Å²) in [6.07, 6.45) is 2.36. The van der Waals surface area contributed by atoms with Gasteiger partial charge < -0.3 is 24.8 Å². The summed E-state index contributed by atoms with van der Waals surface area (Å²) in [5.41, 5.74) is 2.85. The maximum absolute atomic E-state index is 10.7. The predicted molar refractivity (Wildman–Crippen MR) is 121 cm³/mol. The van der Waals surface area contributed by atoms with Crippen LogP contribution in [-0.2, 0) is 9.47 Å². The van der Waals surface area contributed by atoms with E-state index in [1.54, 1.807) is 6.92 Å². The molecule has 2 aromatic rings. The number of aliphatic hydroxyl groups is 3. The zero-order valence-corrected chi connectivity index (χ0v) is 18.9. The Morgan fingerprint density at radius 3 is 2.62 bits per heavy atom. The van der Waals surface area contributed by atoms with Gasteiger partial charge in [-0.15, -0.1) is 0 Å². The average Bonchev–Trinajstić information content (AvgIpc) is 3.39. The van der Waals surface area contributed by atoms with Gasteiger partial charge in [-0.1, -0.05) is 30.7 Å². The molecule has 3 heterocycles. The van der Waals surface area contributed by atoms with Gasteiger partial charge in [0.25, 0.3) is 0 Å². The molecule has 7 heteroatoms. The van der Waals surface area contributed by atoms with Crippen LogP contribution in [0.15, 0.2) is 48.2 Å². The van der Waals surface area contributed by atoms with E-state index in [-0.39, 0.29) is 24.0 Å². The minimum atomic E-state index is -0.953. The molecule has 2 aliphatic rings. The van der Waals surface area contributed by atoms with Crippen molar-refractivity contribution in [3.05, 3.63) is 53.9 Å². The molecule has 1 aromatic heterocycles. The second-order valence-electron chi connectivity index (χ2n) is 9.30. The molecule has 4 rings (SSSR count). The van der Waals surface area contributed by atoms with Gasteiger partial charge in [-0.05, 0) is 51.0 Å². The Labute approximate surface area is 189 Å². The Kier molecular flexibility index (Phi) is 7.12. The highest BCUT2D eigenvalue weighted by molar-refractivity contribution is 5.48. The van der Waals surface area contributed by atoms with E-state index in [2.05, 4.69) is 5.10 Å². The number of aliphatic hydroxyl groups excluding tert-OH is 3. The molecule has 3 N–H and O–H groups in total. The van der Waals surface area contributed by atoms with Crippen LogP contribution in [0.1, 0.15) is 39.3 Å². The first-order chi connectivity index (χ1) is 15.3. The van der Waals surface area contributed by atoms with Crippen molar-refractivity contribution in [2.24, 2.45) is 11.8 Å². The minimum absolute atomic E-state index is 0.00737. The third-order valence-corrected chi connectivity index (χ3v) is 6.72. The highest BCUT2D eigenvalue weighted by Gasteiger charge is 2.48. The van der Waals surface area contributed by atoms with Gasteiger partial charge in [0.05, 0.1) is 48.5 Å². The van der Waals surface area contributed by atoms with E-state index in [0.717, 1.165) is 17.0 Å². The van der Waals surface area contributed by atoms with E-state index in [0.29, 0.717) is 19.4 Å². The van der Waals surface area contributed by atoms with Gasteiger partial charge in [-0.2, -0.15) is 5.10 Å². The summed E-state index contributed by atoms with van der Waals surface area (Å²) < 4.78 is 13.5. The van der Waals surface area contributed by atoms with Gasteiger partial charge in [0.1, 0.15) is 6.10 Å². The lowest BCUT2D eigenvalue weighted by atomic mass is 9.85. The maximum Gasteiger partial charge on any atom is 0.107 e. The smallest absolute Gasteiger partial charge is 0.107 e. The van der Waals surface area contributed by atoms with Crippen LogP contribution in [0.2, 0.25) is 0 Å². The number of rotatable bonds is 8. The molecule has 2 saturated heterocycles. The molecule has 7 nitrogen and oxygen atoms in total. The number of aromatic nitrogens is 2. The zero-order chi connectivity index (χ0) is 22.8. The summed E-state index contributed by atoms with van der Waals surface area (Å²) >= 11 is 0. The van der Waals surface area contributed by atoms with Gasteiger partial charge in [-0.25, -0.2) is 4.68 Å². The number of nitrogens with zero attached hydrogens (tertiary/aromatic N) is 2. The fraction of sp³-hybridized carbons (Fsp3) is 0.560. The summed E-state index contributed by atoms with van der Waals surface area (Å²) in [5.74, 6) is -0.124. The lowest BCUT2D eigenvalue weighted by Crippen LogP contribution is -2.50. The van der Waals surface area contributed by atoms with E-state index in [4.69, 9.17) is 9.47 Å². The number of benzene rings is 1. The largest absolute Gasteiger partial charge is 0.393 e. The second kappa shape index (κ2) is 9.85. The highest BCUT2D eigenvalue weighted by Crippen LogP contribution is 2.38. The second-order valence-corrected chi connectivity index (χ2v) is 9.30. The lowest BCUT2D eigenvalue weighted by molar-refractivity contribution is -0.165. The van der Waals surface area contributed by atoms with Crippen molar-refractivity contribution < 1.29 is 24.8 Å². The quantitative estimate of drug-likeness (QED) is 0.544. The standard InChI is InChI=1S/C25H34N2O5/c1-15(11-19-9-10-27(26-19)20-7-5-4-6-8-20)12-21-24(30)23(29)18(14-31-21)13-22-25(32-22)16(2)17(3)28/h4-11,16-18,21-25,28-30H,12-14H2,1-3H3/b15-11+/t16-,17-,18-,21-,22-,23+,24-,25-/m0/s1. The third kappa shape index (κ3) is 5.30. The van der Waals surface area contributed by atoms with Crippen molar-refractivity contribution in [3.8, 4) is 5.69 Å². The number of epoxide rings is 1. The first-order valence-corrected chi connectivity index (χ1v) is 11.4. The number of hydrogen-bond acceptors (Lipinski definition) is 6. The molecule has 0 unspecified atom stereocenters. The molecular weight excluding hydrogens is 408 g/mol. The van der Waals surface area contributed by atoms with Crippen molar-refractivity contribution in [1.82, 2.24) is 9.78 Å². The van der Waals surface area contributed by atoms with Gasteiger partial charge in [0.15, 0.2) is 0 Å². The van der Waals surface area contributed by atoms with Gasteiger partial charge in [0, 0.05) is 18.0 Å². The van der Waals surface area contributed by atoms with Gasteiger partial charge >= 0.3 is 0 Å². The first kappa shape index (κ1) is 23.1. The van der Waals surface area contributed by atoms with Crippen molar-refractivity contribution in [1.29, 1.82) is 0 Å². The van der Waals surface area contributed by atoms with Crippen LogP contribution in [0.3, 0.4) is 0 Å². The van der Waals surface area contributed by atoms with Crippen LogP contribution in [0, 0.1) is 11.8 Å². The molecule has 1 aromatic carbocycles. The van der Waals surface area contributed by atoms with Crippen LogP contribution >= 0.6 is 0 Å². The number of hydrogen-bond donors (Lipinski definition) is 3. The molecule has 0 spiro atoms. The molecule has 174 valence electrons. The molecule has 0 amide bonds. The lowest BCUT2D eigenvalue weighted by Gasteiger charge is -2.38. The van der Waals surface area contributed by atoms with Crippen molar-refractivity contribution in [3.63, 3.8) is 0 Å². The van der Waals surface area contributed by atoms with Crippen molar-refractivity contribution in [2.75, 3.05) is 6.61 Å². The topological polar surface area (TPSA) is 100 Å². The Morgan fingerprint density at radius 1 is 1.16 bits per heavy atom. The monoisotopic (exact) mass is 442 g/mol. The molecule has 0 aliphatic carbocycles. The Morgan fingerprint density at radius 2 is 1.91 bits per heavy atom. The molecular formula is C25H34N2O5. The normalized spacial score (nSPS) is 32.5. The van der Waals surface area contributed by atoms with Crippen LogP contribution in [-0.4, -0.2) is 68.3 Å². The summed E-state index contributed by atoms with van der Waals surface area (Å²) in [5, 5.41) is 35.7. The molecule has 8 atom stereocenters. The summed E-state index contributed by atoms with van der Waals surface area (Å²) in [6, 6.07) is 11.9. The van der Waals surface area contributed by atoms with Gasteiger partial charge in [0.2, 0.25) is 0 Å². The van der Waals surface area contributed by atoms with E-state index < -0.39 is 24.4 Å². The van der Waals surface area contributed by atoms with E-state index in [9.17, 15) is 15.3 Å². The molecule has 0 radical (unpaired) electrons. The fourth-order valence-corrected chi connectivity index (χ4v) is 4.48. The van der Waals surface area contributed by atoms with Crippen LogP contribution in [0.25, 0.3) is 11.8 Å². The summed E-state index contributed by atoms with van der Waals surface area (Å²) in [6.45, 7) is 6.09. The van der Waals surface area contributed by atoms with Crippen molar-refractivity contribution in [2.45, 2.75) is 70.2 Å². The SMILES string of the molecule is C/C(=C\c1ccn(-c2ccccc2)n1)C[C@@H]1OC[C@H](C[C@@H]2O[C@H]2[C@@H](C)[C@H](C)O)[C@@H](O)[C@H]1O. The Hall–Kier alpha value is -2.03. The molecule has 0 bridgehead atoms. The first-order valence-electron chi connectivity index (χ1n) is 11.4. The van der Waals surface area contributed by atoms with Crippen LogP contribution < -0.4 is 0 Å². The predicted octanol–water partition coefficient (Wildman–Crippen LogP) is 2.58. The third-order valence-electron chi connectivity index (χ3n) is 6.72. The highest BCUT2D eigenvalue weighted by atomic mass is 16.6. The van der Waals surface area contributed by atoms with Gasteiger partial charge in [-0.3, -0.25) is 0 Å². The molecule has 2 aliphatic heterocycles. The minimum Gasteiger partial charge on any atom is -0.393 e. The van der Waals surface area contributed by atoms with Crippen LogP contribution in [0.5, 0.6) is 0 Å². The Balaban J connectivity index is 1.30. The number of ether oxygens (including phenoxy) is 2. The summed E-state index contributed by atoms with van der Waals surface area (Å²) in [4.78, 5) is 0. The Bertz CT molecular complexity index is 912. The van der Waals surface area contributed by atoms with Crippen molar-refractivity contribution >= 4 is 6.08 Å². The molecule has 2 fully saturated rings. The number of para-hydroxylation sites is 1. The molecule has 0 saturated carbocycles. The zero-order valence-electron chi connectivity index (χ0n) is 18.9. The van der Waals surface area contributed by atoms with E-state index >= 15 is 0 Å². The fourth-order valence-electron chi connectivity index (χ4n) is 4.48. The van der Waals surface area contributed by atoms with E-state index in [1.807, 2.05) is 67.2 Å². The summed E-state index contributed by atoms with van der Waals surface area (Å²) in [7, 11) is 0. The van der Waals surface area contributed by atoms with Crippen LogP contribution in [0.4, 0.5) is 0 Å². The maximum atomic E-state index is 10.7.